The summed E-state index contributed by atoms with van der Waals surface area (Å²) < 4.78 is 4.96. The summed E-state index contributed by atoms with van der Waals surface area (Å²) in [7, 11) is 1.36. The Bertz CT molecular complexity index is 743. The Morgan fingerprint density at radius 3 is 2.57 bits per heavy atom. The van der Waals surface area contributed by atoms with Crippen molar-refractivity contribution in [2.45, 2.75) is 13.8 Å². The third kappa shape index (κ3) is 3.48. The number of nitro benzene ring substituents is 1. The molecule has 6 heteroatoms. The van der Waals surface area contributed by atoms with E-state index in [1.54, 1.807) is 4.90 Å². The molecule has 0 unspecified atom stereocenters. The molecule has 23 heavy (non-hydrogen) atoms. The topological polar surface area (TPSA) is 72.7 Å². The Hall–Kier alpha value is -2.89. The number of nitrogens with zero attached hydrogens (tertiary/aromatic N) is 2. The summed E-state index contributed by atoms with van der Waals surface area (Å²) in [5.74, 6) is -0.158. The van der Waals surface area contributed by atoms with E-state index in [9.17, 15) is 14.9 Å². The van der Waals surface area contributed by atoms with E-state index in [2.05, 4.69) is 0 Å². The van der Waals surface area contributed by atoms with Crippen molar-refractivity contribution in [1.29, 1.82) is 0 Å². The Morgan fingerprint density at radius 1 is 1.26 bits per heavy atom. The van der Waals surface area contributed by atoms with Crippen LogP contribution in [0.5, 0.6) is 5.75 Å². The van der Waals surface area contributed by atoms with Crippen LogP contribution in [0, 0.1) is 17.0 Å². The Kier molecular flexibility index (Phi) is 4.95. The molecule has 0 heterocycles. The van der Waals surface area contributed by atoms with Crippen LogP contribution >= 0.6 is 0 Å². The second-order valence-electron chi connectivity index (χ2n) is 5.03. The summed E-state index contributed by atoms with van der Waals surface area (Å²) in [5, 5.41) is 11.1. The van der Waals surface area contributed by atoms with Crippen molar-refractivity contribution in [3.05, 3.63) is 63.7 Å². The molecule has 0 aliphatic rings. The molecule has 0 saturated heterocycles. The van der Waals surface area contributed by atoms with E-state index in [1.807, 2.05) is 38.1 Å². The molecule has 0 saturated carbocycles. The first-order valence-electron chi connectivity index (χ1n) is 7.19. The zero-order valence-corrected chi connectivity index (χ0v) is 13.3. The third-order valence-corrected chi connectivity index (χ3v) is 3.50. The maximum absolute atomic E-state index is 12.7. The van der Waals surface area contributed by atoms with Crippen molar-refractivity contribution in [2.24, 2.45) is 0 Å². The number of nitro groups is 1. The van der Waals surface area contributed by atoms with Crippen LogP contribution in [0.1, 0.15) is 22.8 Å². The van der Waals surface area contributed by atoms with E-state index in [0.717, 1.165) is 11.3 Å². The first-order chi connectivity index (χ1) is 11.0. The zero-order chi connectivity index (χ0) is 17.0. The normalized spacial score (nSPS) is 10.2. The molecule has 0 aliphatic heterocycles. The Balaban J connectivity index is 2.42. The number of aryl methyl sites for hydroxylation is 1. The van der Waals surface area contributed by atoms with Crippen molar-refractivity contribution < 1.29 is 14.5 Å². The highest BCUT2D eigenvalue weighted by Gasteiger charge is 2.22. The number of benzene rings is 2. The van der Waals surface area contributed by atoms with E-state index in [0.29, 0.717) is 6.54 Å². The van der Waals surface area contributed by atoms with Gasteiger partial charge in [0.15, 0.2) is 5.75 Å². The molecule has 0 spiro atoms. The lowest BCUT2D eigenvalue weighted by molar-refractivity contribution is -0.385. The molecule has 0 N–H and O–H groups in total. The standard InChI is InChI=1S/C17H18N2O4/c1-4-18(14-7-5-6-12(2)10-14)17(20)13-8-9-16(23-3)15(11-13)19(21)22/h5-11H,4H2,1-3H3. The fourth-order valence-corrected chi connectivity index (χ4v) is 2.36. The minimum atomic E-state index is -0.557. The fourth-order valence-electron chi connectivity index (χ4n) is 2.36. The van der Waals surface area contributed by atoms with Crippen molar-refractivity contribution in [3.8, 4) is 5.75 Å². The van der Waals surface area contributed by atoms with E-state index in [4.69, 9.17) is 4.74 Å². The number of anilines is 1. The lowest BCUT2D eigenvalue weighted by atomic mass is 10.1. The van der Waals surface area contributed by atoms with E-state index in [-0.39, 0.29) is 22.9 Å². The SMILES string of the molecule is CCN(C(=O)c1ccc(OC)c([N+](=O)[O-])c1)c1cccc(C)c1. The zero-order valence-electron chi connectivity index (χ0n) is 13.3. The van der Waals surface area contributed by atoms with Gasteiger partial charge in [-0.1, -0.05) is 12.1 Å². The van der Waals surface area contributed by atoms with Crippen LogP contribution in [0.2, 0.25) is 0 Å². The highest BCUT2D eigenvalue weighted by atomic mass is 16.6. The smallest absolute Gasteiger partial charge is 0.311 e. The molecule has 2 aromatic rings. The second kappa shape index (κ2) is 6.91. The third-order valence-electron chi connectivity index (χ3n) is 3.50. The molecule has 0 aromatic heterocycles. The van der Waals surface area contributed by atoms with Crippen LogP contribution in [-0.2, 0) is 0 Å². The van der Waals surface area contributed by atoms with Crippen LogP contribution in [0.25, 0.3) is 0 Å². The van der Waals surface area contributed by atoms with Crippen LogP contribution in [0.3, 0.4) is 0 Å². The van der Waals surface area contributed by atoms with Gasteiger partial charge in [0, 0.05) is 23.9 Å². The van der Waals surface area contributed by atoms with Crippen LogP contribution in [0.15, 0.2) is 42.5 Å². The fraction of sp³-hybridized carbons (Fsp3) is 0.235. The van der Waals surface area contributed by atoms with Crippen molar-refractivity contribution >= 4 is 17.3 Å². The number of amides is 1. The Morgan fingerprint density at radius 2 is 2.00 bits per heavy atom. The molecule has 0 aliphatic carbocycles. The van der Waals surface area contributed by atoms with Gasteiger partial charge in [-0.05, 0) is 43.7 Å². The Labute approximate surface area is 134 Å². The maximum atomic E-state index is 12.7. The molecule has 6 nitrogen and oxygen atoms in total. The highest BCUT2D eigenvalue weighted by Crippen LogP contribution is 2.29. The highest BCUT2D eigenvalue weighted by molar-refractivity contribution is 6.06. The number of carbonyl (C=O) groups is 1. The second-order valence-corrected chi connectivity index (χ2v) is 5.03. The summed E-state index contributed by atoms with van der Waals surface area (Å²) in [6, 6.07) is 11.8. The molecule has 120 valence electrons. The summed E-state index contributed by atoms with van der Waals surface area (Å²) in [6.07, 6.45) is 0. The quantitative estimate of drug-likeness (QED) is 0.624. The van der Waals surface area contributed by atoms with E-state index >= 15 is 0 Å². The van der Waals surface area contributed by atoms with Gasteiger partial charge < -0.3 is 9.64 Å². The van der Waals surface area contributed by atoms with Crippen LogP contribution < -0.4 is 9.64 Å². The largest absolute Gasteiger partial charge is 0.490 e. The summed E-state index contributed by atoms with van der Waals surface area (Å²) >= 11 is 0. The summed E-state index contributed by atoms with van der Waals surface area (Å²) in [4.78, 5) is 24.9. The minimum absolute atomic E-state index is 0.130. The number of ether oxygens (including phenoxy) is 1. The first-order valence-corrected chi connectivity index (χ1v) is 7.19. The van der Waals surface area contributed by atoms with Gasteiger partial charge in [0.1, 0.15) is 0 Å². The monoisotopic (exact) mass is 314 g/mol. The van der Waals surface area contributed by atoms with Crippen molar-refractivity contribution in [2.75, 3.05) is 18.6 Å². The van der Waals surface area contributed by atoms with Gasteiger partial charge in [-0.3, -0.25) is 14.9 Å². The van der Waals surface area contributed by atoms with Gasteiger partial charge in [-0.15, -0.1) is 0 Å². The lowest BCUT2D eigenvalue weighted by Crippen LogP contribution is -2.30. The summed E-state index contributed by atoms with van der Waals surface area (Å²) in [5.41, 5.74) is 1.82. The molecular weight excluding hydrogens is 296 g/mol. The molecule has 1 amide bonds. The van der Waals surface area contributed by atoms with Crippen molar-refractivity contribution in [3.63, 3.8) is 0 Å². The average Bonchev–Trinajstić information content (AvgIpc) is 2.54. The average molecular weight is 314 g/mol. The molecular formula is C17H18N2O4. The lowest BCUT2D eigenvalue weighted by Gasteiger charge is -2.21. The van der Waals surface area contributed by atoms with Gasteiger partial charge in [0.2, 0.25) is 0 Å². The number of rotatable bonds is 5. The number of carbonyl (C=O) groups excluding carboxylic acids is 1. The minimum Gasteiger partial charge on any atom is -0.490 e. The molecule has 2 rings (SSSR count). The van der Waals surface area contributed by atoms with E-state index in [1.165, 1.54) is 25.3 Å². The van der Waals surface area contributed by atoms with E-state index < -0.39 is 4.92 Å². The predicted molar refractivity (Wildman–Crippen MR) is 88.2 cm³/mol. The van der Waals surface area contributed by atoms with Crippen LogP contribution in [0.4, 0.5) is 11.4 Å². The molecule has 0 radical (unpaired) electrons. The van der Waals surface area contributed by atoms with Gasteiger partial charge in [-0.2, -0.15) is 0 Å². The van der Waals surface area contributed by atoms with Gasteiger partial charge in [0.05, 0.1) is 12.0 Å². The van der Waals surface area contributed by atoms with Crippen LogP contribution in [-0.4, -0.2) is 24.5 Å². The van der Waals surface area contributed by atoms with Gasteiger partial charge in [0.25, 0.3) is 5.91 Å². The first kappa shape index (κ1) is 16.5. The van der Waals surface area contributed by atoms with Crippen molar-refractivity contribution in [1.82, 2.24) is 0 Å². The predicted octanol–water partition coefficient (Wildman–Crippen LogP) is 3.58. The van der Waals surface area contributed by atoms with Gasteiger partial charge in [-0.25, -0.2) is 0 Å². The maximum Gasteiger partial charge on any atom is 0.311 e. The van der Waals surface area contributed by atoms with Gasteiger partial charge >= 0.3 is 5.69 Å². The molecule has 0 atom stereocenters. The molecule has 0 bridgehead atoms. The molecule has 2 aromatic carbocycles. The molecule has 0 fully saturated rings. The number of hydrogen-bond acceptors (Lipinski definition) is 4. The number of methoxy groups -OCH3 is 1. The summed E-state index contributed by atoms with van der Waals surface area (Å²) in [6.45, 7) is 4.26. The number of hydrogen-bond donors (Lipinski definition) is 0.